The molecule has 0 atom stereocenters. The number of halogens is 3. The summed E-state index contributed by atoms with van der Waals surface area (Å²) in [7, 11) is 0. The average molecular weight is 311 g/mol. The third-order valence-electron chi connectivity index (χ3n) is 2.79. The van der Waals surface area contributed by atoms with E-state index in [2.05, 4.69) is 10.6 Å². The summed E-state index contributed by atoms with van der Waals surface area (Å²) in [6, 6.07) is 10.6. The molecule has 0 aromatic heterocycles. The topological polar surface area (TPSA) is 41.1 Å². The van der Waals surface area contributed by atoms with Crippen molar-refractivity contribution in [1.82, 2.24) is 5.32 Å². The molecule has 1 amide bonds. The maximum atomic E-state index is 13.4. The zero-order chi connectivity index (χ0) is 15.2. The first-order valence-electron chi connectivity index (χ1n) is 6.26. The van der Waals surface area contributed by atoms with E-state index in [0.717, 1.165) is 17.7 Å². The summed E-state index contributed by atoms with van der Waals surface area (Å²) in [4.78, 5) is 11.7. The summed E-state index contributed by atoms with van der Waals surface area (Å²) in [6.45, 7) is 0.297. The molecule has 6 heteroatoms. The summed E-state index contributed by atoms with van der Waals surface area (Å²) in [5, 5.41) is 5.64. The second kappa shape index (κ2) is 7.15. The Morgan fingerprint density at radius 2 is 1.71 bits per heavy atom. The standard InChI is InChI=1S/C15H13ClF2N2O/c16-11-5-2-1-4-10(11)8-19-9-14(21)20-15-12(17)6-3-7-13(15)18/h1-7,19H,8-9H2,(H,20,21). The van der Waals surface area contributed by atoms with E-state index in [-0.39, 0.29) is 6.54 Å². The molecule has 3 nitrogen and oxygen atoms in total. The lowest BCUT2D eigenvalue weighted by atomic mass is 10.2. The number of benzene rings is 2. The molecule has 0 aliphatic rings. The number of para-hydroxylation sites is 1. The van der Waals surface area contributed by atoms with Gasteiger partial charge in [-0.25, -0.2) is 8.78 Å². The summed E-state index contributed by atoms with van der Waals surface area (Å²) in [6.07, 6.45) is 0. The maximum Gasteiger partial charge on any atom is 0.238 e. The Morgan fingerprint density at radius 3 is 2.38 bits per heavy atom. The SMILES string of the molecule is O=C(CNCc1ccccc1Cl)Nc1c(F)cccc1F. The maximum absolute atomic E-state index is 13.4. The molecule has 2 aromatic rings. The zero-order valence-electron chi connectivity index (χ0n) is 11.0. The van der Waals surface area contributed by atoms with E-state index in [4.69, 9.17) is 11.6 Å². The molecule has 0 spiro atoms. The molecule has 0 unspecified atom stereocenters. The molecule has 0 saturated carbocycles. The summed E-state index contributed by atoms with van der Waals surface area (Å²) in [5.41, 5.74) is 0.395. The van der Waals surface area contributed by atoms with E-state index >= 15 is 0 Å². The Kier molecular flexibility index (Phi) is 5.25. The van der Waals surface area contributed by atoms with Gasteiger partial charge in [0.05, 0.1) is 6.54 Å². The Balaban J connectivity index is 1.87. The van der Waals surface area contributed by atoms with Crippen LogP contribution in [0.1, 0.15) is 5.56 Å². The second-order valence-electron chi connectivity index (χ2n) is 4.34. The summed E-state index contributed by atoms with van der Waals surface area (Å²) >= 11 is 5.97. The highest BCUT2D eigenvalue weighted by atomic mass is 35.5. The fourth-order valence-electron chi connectivity index (χ4n) is 1.75. The van der Waals surface area contributed by atoms with Crippen molar-refractivity contribution >= 4 is 23.2 Å². The van der Waals surface area contributed by atoms with Crippen molar-refractivity contribution in [3.63, 3.8) is 0 Å². The largest absolute Gasteiger partial charge is 0.320 e. The minimum Gasteiger partial charge on any atom is -0.320 e. The molecule has 110 valence electrons. The summed E-state index contributed by atoms with van der Waals surface area (Å²) in [5.74, 6) is -2.16. The number of anilines is 1. The molecule has 0 fully saturated rings. The van der Waals surface area contributed by atoms with Crippen molar-refractivity contribution in [2.75, 3.05) is 11.9 Å². The molecule has 0 heterocycles. The van der Waals surface area contributed by atoms with E-state index in [1.165, 1.54) is 6.07 Å². The van der Waals surface area contributed by atoms with Crippen LogP contribution in [0.25, 0.3) is 0 Å². The van der Waals surface area contributed by atoms with Crippen LogP contribution in [0.2, 0.25) is 5.02 Å². The number of hydrogen-bond acceptors (Lipinski definition) is 2. The lowest BCUT2D eigenvalue weighted by molar-refractivity contribution is -0.115. The second-order valence-corrected chi connectivity index (χ2v) is 4.75. The number of nitrogens with one attached hydrogen (secondary N) is 2. The van der Waals surface area contributed by atoms with Gasteiger partial charge in [-0.15, -0.1) is 0 Å². The third kappa shape index (κ3) is 4.24. The molecule has 0 radical (unpaired) electrons. The van der Waals surface area contributed by atoms with Crippen molar-refractivity contribution in [3.05, 3.63) is 64.7 Å². The molecular weight excluding hydrogens is 298 g/mol. The van der Waals surface area contributed by atoms with E-state index in [1.54, 1.807) is 12.1 Å². The van der Waals surface area contributed by atoms with Gasteiger partial charge in [-0.2, -0.15) is 0 Å². The van der Waals surface area contributed by atoms with Crippen LogP contribution in [0.4, 0.5) is 14.5 Å². The van der Waals surface area contributed by atoms with Gasteiger partial charge < -0.3 is 10.6 Å². The Bertz CT molecular complexity index is 629. The number of carbonyl (C=O) groups is 1. The first-order valence-corrected chi connectivity index (χ1v) is 6.63. The number of hydrogen-bond donors (Lipinski definition) is 2. The minimum atomic E-state index is -0.811. The fraction of sp³-hybridized carbons (Fsp3) is 0.133. The van der Waals surface area contributed by atoms with Crippen LogP contribution in [-0.2, 0) is 11.3 Å². The van der Waals surface area contributed by atoms with Crippen molar-refractivity contribution < 1.29 is 13.6 Å². The predicted molar refractivity (Wildman–Crippen MR) is 78.1 cm³/mol. The molecule has 2 aromatic carbocycles. The number of rotatable bonds is 5. The predicted octanol–water partition coefficient (Wildman–Crippen LogP) is 3.35. The van der Waals surface area contributed by atoms with Gasteiger partial charge in [-0.3, -0.25) is 4.79 Å². The Hall–Kier alpha value is -1.98. The molecule has 0 saturated heterocycles. The molecule has 0 aliphatic carbocycles. The average Bonchev–Trinajstić information content (AvgIpc) is 2.45. The van der Waals surface area contributed by atoms with E-state index < -0.39 is 23.2 Å². The van der Waals surface area contributed by atoms with Crippen LogP contribution in [0.15, 0.2) is 42.5 Å². The van der Waals surface area contributed by atoms with Crippen LogP contribution in [0, 0.1) is 11.6 Å². The lowest BCUT2D eigenvalue weighted by Crippen LogP contribution is -2.28. The molecular formula is C15H13ClF2N2O. The highest BCUT2D eigenvalue weighted by molar-refractivity contribution is 6.31. The lowest BCUT2D eigenvalue weighted by Gasteiger charge is -2.09. The van der Waals surface area contributed by atoms with Crippen LogP contribution in [0.5, 0.6) is 0 Å². The highest BCUT2D eigenvalue weighted by Crippen LogP contribution is 2.17. The molecule has 0 aliphatic heterocycles. The van der Waals surface area contributed by atoms with Crippen molar-refractivity contribution in [2.24, 2.45) is 0 Å². The van der Waals surface area contributed by atoms with Gasteiger partial charge in [0.25, 0.3) is 0 Å². The van der Waals surface area contributed by atoms with Crippen molar-refractivity contribution in [1.29, 1.82) is 0 Å². The Labute approximate surface area is 125 Å². The number of amides is 1. The van der Waals surface area contributed by atoms with Crippen LogP contribution in [0.3, 0.4) is 0 Å². The van der Waals surface area contributed by atoms with Gasteiger partial charge in [0.1, 0.15) is 17.3 Å². The van der Waals surface area contributed by atoms with Crippen LogP contribution in [-0.4, -0.2) is 12.5 Å². The van der Waals surface area contributed by atoms with Gasteiger partial charge >= 0.3 is 0 Å². The van der Waals surface area contributed by atoms with Gasteiger partial charge in [0, 0.05) is 11.6 Å². The third-order valence-corrected chi connectivity index (χ3v) is 3.15. The first-order chi connectivity index (χ1) is 10.1. The van der Waals surface area contributed by atoms with Crippen molar-refractivity contribution in [2.45, 2.75) is 6.54 Å². The smallest absolute Gasteiger partial charge is 0.238 e. The molecule has 21 heavy (non-hydrogen) atoms. The minimum absolute atomic E-state index is 0.0843. The van der Waals surface area contributed by atoms with E-state index in [0.29, 0.717) is 11.6 Å². The Morgan fingerprint density at radius 1 is 1.05 bits per heavy atom. The first kappa shape index (κ1) is 15.4. The number of carbonyl (C=O) groups excluding carboxylic acids is 1. The zero-order valence-corrected chi connectivity index (χ0v) is 11.8. The molecule has 0 bridgehead atoms. The van der Waals surface area contributed by atoms with Crippen LogP contribution >= 0.6 is 11.6 Å². The quantitative estimate of drug-likeness (QED) is 0.889. The summed E-state index contributed by atoms with van der Waals surface area (Å²) < 4.78 is 26.7. The van der Waals surface area contributed by atoms with Crippen molar-refractivity contribution in [3.8, 4) is 0 Å². The van der Waals surface area contributed by atoms with Gasteiger partial charge in [-0.1, -0.05) is 35.9 Å². The highest BCUT2D eigenvalue weighted by Gasteiger charge is 2.11. The fourth-order valence-corrected chi connectivity index (χ4v) is 1.96. The van der Waals surface area contributed by atoms with E-state index in [9.17, 15) is 13.6 Å². The molecule has 2 rings (SSSR count). The van der Waals surface area contributed by atoms with Gasteiger partial charge in [0.15, 0.2) is 0 Å². The normalized spacial score (nSPS) is 10.4. The molecule has 2 N–H and O–H groups in total. The van der Waals surface area contributed by atoms with Gasteiger partial charge in [0.2, 0.25) is 5.91 Å². The van der Waals surface area contributed by atoms with E-state index in [1.807, 2.05) is 12.1 Å². The van der Waals surface area contributed by atoms with Crippen LogP contribution < -0.4 is 10.6 Å². The van der Waals surface area contributed by atoms with Gasteiger partial charge in [-0.05, 0) is 23.8 Å². The monoisotopic (exact) mass is 310 g/mol.